The number of carbonyl (C=O) groups is 1. The quantitative estimate of drug-likeness (QED) is 0.697. The fourth-order valence-corrected chi connectivity index (χ4v) is 4.42. The van der Waals surface area contributed by atoms with Crippen molar-refractivity contribution in [1.29, 1.82) is 0 Å². The van der Waals surface area contributed by atoms with Crippen LogP contribution in [0.1, 0.15) is 84.5 Å². The van der Waals surface area contributed by atoms with Crippen LogP contribution < -0.4 is 5.46 Å². The minimum atomic E-state index is -0.500. The molecule has 4 rings (SSSR count). The Morgan fingerprint density at radius 2 is 1.70 bits per heavy atom. The van der Waals surface area contributed by atoms with Gasteiger partial charge in [0.05, 0.1) is 23.3 Å². The summed E-state index contributed by atoms with van der Waals surface area (Å²) in [6, 6.07) is 6.38. The lowest BCUT2D eigenvalue weighted by atomic mass is 9.72. The summed E-state index contributed by atoms with van der Waals surface area (Å²) >= 11 is 0. The number of amides is 1. The van der Waals surface area contributed by atoms with Crippen LogP contribution in [-0.4, -0.2) is 34.9 Å². The van der Waals surface area contributed by atoms with Gasteiger partial charge in [0.25, 0.3) is 0 Å². The van der Waals surface area contributed by atoms with Crippen LogP contribution >= 0.6 is 0 Å². The fraction of sp³-hybridized carbons (Fsp3) is 0.667. The molecule has 2 unspecified atom stereocenters. The van der Waals surface area contributed by atoms with Gasteiger partial charge < -0.3 is 14.0 Å². The van der Waals surface area contributed by atoms with Crippen LogP contribution in [0.3, 0.4) is 0 Å². The van der Waals surface area contributed by atoms with E-state index in [-0.39, 0.29) is 29.4 Å². The number of carbonyl (C=O) groups excluding carboxylic acids is 1. The lowest BCUT2D eigenvalue weighted by molar-refractivity contribution is 0.00578. The molecule has 2 bridgehead atoms. The van der Waals surface area contributed by atoms with Crippen molar-refractivity contribution in [2.45, 2.75) is 90.2 Å². The molecule has 0 aliphatic carbocycles. The molecule has 0 saturated carbocycles. The van der Waals surface area contributed by atoms with Crippen LogP contribution in [0.2, 0.25) is 0 Å². The van der Waals surface area contributed by atoms with Crippen molar-refractivity contribution in [3.63, 3.8) is 0 Å². The zero-order valence-electron chi connectivity index (χ0n) is 17.5. The van der Waals surface area contributed by atoms with E-state index in [0.29, 0.717) is 0 Å². The molecular weight excluding hydrogens is 341 g/mol. The van der Waals surface area contributed by atoms with E-state index in [2.05, 4.69) is 39.8 Å². The maximum absolute atomic E-state index is 12.9. The monoisotopic (exact) mass is 371 g/mol. The molecule has 2 saturated heterocycles. The van der Waals surface area contributed by atoms with E-state index in [1.54, 1.807) is 0 Å². The Bertz CT molecular complexity index is 767. The van der Waals surface area contributed by atoms with Gasteiger partial charge in [-0.3, -0.25) is 4.90 Å². The van der Waals surface area contributed by atoms with Gasteiger partial charge in [0.1, 0.15) is 5.60 Å². The predicted octanol–water partition coefficient (Wildman–Crippen LogP) is 4.11. The van der Waals surface area contributed by atoms with Crippen molar-refractivity contribution in [3.8, 4) is 0 Å². The maximum Gasteiger partial charge on any atom is 0.495 e. The van der Waals surface area contributed by atoms with E-state index in [9.17, 15) is 4.79 Å². The highest BCUT2D eigenvalue weighted by Gasteiger charge is 2.55. The molecule has 0 radical (unpaired) electrons. The van der Waals surface area contributed by atoms with E-state index in [1.165, 1.54) is 11.1 Å². The zero-order valence-corrected chi connectivity index (χ0v) is 17.5. The van der Waals surface area contributed by atoms with Crippen LogP contribution in [0.15, 0.2) is 18.2 Å². The smallest absolute Gasteiger partial charge is 0.444 e. The molecule has 1 amide bonds. The summed E-state index contributed by atoms with van der Waals surface area (Å²) in [5.41, 5.74) is 2.18. The molecule has 2 fully saturated rings. The second-order valence-electron chi connectivity index (χ2n) is 9.93. The summed E-state index contributed by atoms with van der Waals surface area (Å²) in [6.45, 7) is 14.0. The Morgan fingerprint density at radius 3 is 2.30 bits per heavy atom. The molecule has 0 spiro atoms. The lowest BCUT2D eigenvalue weighted by Gasteiger charge is -2.32. The van der Waals surface area contributed by atoms with Gasteiger partial charge in [-0.05, 0) is 77.9 Å². The number of nitrogens with zero attached hydrogens (tertiary/aromatic N) is 1. The highest BCUT2D eigenvalue weighted by atomic mass is 16.7. The minimum Gasteiger partial charge on any atom is -0.444 e. The van der Waals surface area contributed by atoms with Gasteiger partial charge in [-0.2, -0.15) is 0 Å². The number of rotatable bonds is 1. The average Bonchev–Trinajstić information content (AvgIpc) is 3.14. The second kappa shape index (κ2) is 5.74. The lowest BCUT2D eigenvalue weighted by Crippen LogP contribution is -2.41. The highest BCUT2D eigenvalue weighted by Crippen LogP contribution is 2.53. The summed E-state index contributed by atoms with van der Waals surface area (Å²) in [4.78, 5) is 14.8. The number of hydrogen-bond donors (Lipinski definition) is 0. The molecule has 5 nitrogen and oxygen atoms in total. The van der Waals surface area contributed by atoms with Crippen molar-refractivity contribution < 1.29 is 18.8 Å². The van der Waals surface area contributed by atoms with E-state index in [4.69, 9.17) is 14.0 Å². The molecule has 6 heteroatoms. The molecule has 0 aromatic heterocycles. The summed E-state index contributed by atoms with van der Waals surface area (Å²) in [6.07, 6.45) is 1.70. The van der Waals surface area contributed by atoms with Crippen molar-refractivity contribution in [3.05, 3.63) is 29.3 Å². The van der Waals surface area contributed by atoms with Gasteiger partial charge in [-0.1, -0.05) is 18.2 Å². The molecule has 1 aromatic rings. The van der Waals surface area contributed by atoms with Crippen LogP contribution in [0.4, 0.5) is 4.79 Å². The van der Waals surface area contributed by atoms with Crippen LogP contribution in [0.25, 0.3) is 0 Å². The third kappa shape index (κ3) is 2.88. The molecule has 27 heavy (non-hydrogen) atoms. The summed E-state index contributed by atoms with van der Waals surface area (Å²) in [5, 5.41) is 0. The van der Waals surface area contributed by atoms with Crippen LogP contribution in [0.5, 0.6) is 0 Å². The normalized spacial score (nSPS) is 27.8. The third-order valence-electron chi connectivity index (χ3n) is 6.36. The predicted molar refractivity (Wildman–Crippen MR) is 105 cm³/mol. The molecular formula is C21H30BNO4. The molecule has 1 aromatic carbocycles. The Balaban J connectivity index is 1.68. The Hall–Kier alpha value is -1.53. The van der Waals surface area contributed by atoms with Crippen molar-refractivity contribution >= 4 is 18.7 Å². The number of benzene rings is 1. The topological polar surface area (TPSA) is 48.0 Å². The SMILES string of the molecule is CC(C)(C)OC(=O)N1C2CCC1c1c(B3OC(C)(C)C(C)(C)O3)cccc12. The van der Waals surface area contributed by atoms with Crippen molar-refractivity contribution in [2.75, 3.05) is 0 Å². The van der Waals surface area contributed by atoms with Crippen molar-refractivity contribution in [2.24, 2.45) is 0 Å². The molecule has 3 aliphatic rings. The first-order valence-corrected chi connectivity index (χ1v) is 9.91. The first-order valence-electron chi connectivity index (χ1n) is 9.91. The van der Waals surface area contributed by atoms with E-state index < -0.39 is 12.7 Å². The third-order valence-corrected chi connectivity index (χ3v) is 6.36. The molecule has 2 atom stereocenters. The molecule has 3 heterocycles. The molecule has 3 aliphatic heterocycles. The summed E-state index contributed by atoms with van der Waals surface area (Å²) in [7, 11) is -0.412. The van der Waals surface area contributed by atoms with Gasteiger partial charge in [0.2, 0.25) is 0 Å². The Morgan fingerprint density at radius 1 is 1.11 bits per heavy atom. The minimum absolute atomic E-state index is 0.0371. The van der Waals surface area contributed by atoms with Crippen LogP contribution in [0, 0.1) is 0 Å². The number of ether oxygens (including phenoxy) is 1. The second-order valence-corrected chi connectivity index (χ2v) is 9.93. The van der Waals surface area contributed by atoms with Crippen LogP contribution in [-0.2, 0) is 14.0 Å². The number of hydrogen-bond acceptors (Lipinski definition) is 4. The van der Waals surface area contributed by atoms with Crippen molar-refractivity contribution in [1.82, 2.24) is 4.90 Å². The Labute approximate surface area is 162 Å². The maximum atomic E-state index is 12.9. The first kappa shape index (κ1) is 18.8. The van der Waals surface area contributed by atoms with E-state index in [1.807, 2.05) is 31.7 Å². The largest absolute Gasteiger partial charge is 0.495 e. The Kier molecular flexibility index (Phi) is 4.00. The molecule has 146 valence electrons. The molecule has 0 N–H and O–H groups in total. The summed E-state index contributed by atoms with van der Waals surface area (Å²) < 4.78 is 18.3. The standard InChI is InChI=1S/C21H30BNO4/c1-19(2,3)25-18(24)23-15-11-12-16(23)17-13(15)9-8-10-14(17)22-26-20(4,5)21(6,7)27-22/h8-10,15-16H,11-12H2,1-7H3. The first-order chi connectivity index (χ1) is 12.4. The number of fused-ring (bicyclic) bond motifs is 5. The zero-order chi connectivity index (χ0) is 19.8. The van der Waals surface area contributed by atoms with Gasteiger partial charge in [0, 0.05) is 0 Å². The average molecular weight is 371 g/mol. The highest BCUT2D eigenvalue weighted by molar-refractivity contribution is 6.62. The summed E-state index contributed by atoms with van der Waals surface area (Å²) in [5.74, 6) is 0. The van der Waals surface area contributed by atoms with E-state index in [0.717, 1.165) is 18.3 Å². The van der Waals surface area contributed by atoms with Gasteiger partial charge in [-0.15, -0.1) is 0 Å². The van der Waals surface area contributed by atoms with E-state index >= 15 is 0 Å². The van der Waals surface area contributed by atoms with Gasteiger partial charge in [-0.25, -0.2) is 4.79 Å². The van der Waals surface area contributed by atoms with Gasteiger partial charge in [0.15, 0.2) is 0 Å². The van der Waals surface area contributed by atoms with Gasteiger partial charge >= 0.3 is 13.2 Å². The fourth-order valence-electron chi connectivity index (χ4n) is 4.42.